The van der Waals surface area contributed by atoms with Crippen LogP contribution >= 0.6 is 24.4 Å². The first kappa shape index (κ1) is 8.27. The zero-order chi connectivity index (χ0) is 7.73. The largest absolute Gasteiger partial charge is 0.374 e. The molecule has 3 heteroatoms. The van der Waals surface area contributed by atoms with Gasteiger partial charge in [-0.25, -0.2) is 0 Å². The number of thiol groups is 1. The van der Waals surface area contributed by atoms with Crippen molar-refractivity contribution in [2.75, 3.05) is 18.1 Å². The fourth-order valence-electron chi connectivity index (χ4n) is 1.87. The molecule has 0 aliphatic carbocycles. The standard InChI is InChI=1S/C8H14OS2/c10-7-1-3-9-8(5-7)2-4-11-6-8/h7,10H,1-6H2. The molecule has 2 unspecified atom stereocenters. The lowest BCUT2D eigenvalue weighted by Gasteiger charge is -2.35. The van der Waals surface area contributed by atoms with Gasteiger partial charge in [-0.2, -0.15) is 24.4 Å². The zero-order valence-electron chi connectivity index (χ0n) is 6.58. The molecule has 2 rings (SSSR count). The molecule has 0 radical (unpaired) electrons. The summed E-state index contributed by atoms with van der Waals surface area (Å²) in [4.78, 5) is 0. The Kier molecular flexibility index (Phi) is 2.40. The first-order valence-electron chi connectivity index (χ1n) is 4.21. The van der Waals surface area contributed by atoms with Gasteiger partial charge in [0.2, 0.25) is 0 Å². The zero-order valence-corrected chi connectivity index (χ0v) is 8.29. The van der Waals surface area contributed by atoms with Crippen LogP contribution in [0.15, 0.2) is 0 Å². The summed E-state index contributed by atoms with van der Waals surface area (Å²) in [7, 11) is 0. The lowest BCUT2D eigenvalue weighted by atomic mass is 9.93. The smallest absolute Gasteiger partial charge is 0.0790 e. The predicted molar refractivity (Wildman–Crippen MR) is 52.6 cm³/mol. The minimum absolute atomic E-state index is 0.231. The molecule has 2 saturated heterocycles. The molecular formula is C8H14OS2. The highest BCUT2D eigenvalue weighted by atomic mass is 32.2. The van der Waals surface area contributed by atoms with E-state index in [-0.39, 0.29) is 5.60 Å². The van der Waals surface area contributed by atoms with Gasteiger partial charge in [0.1, 0.15) is 0 Å². The van der Waals surface area contributed by atoms with Crippen LogP contribution in [0.1, 0.15) is 19.3 Å². The van der Waals surface area contributed by atoms with Crippen LogP contribution in [0.4, 0.5) is 0 Å². The van der Waals surface area contributed by atoms with E-state index in [0.717, 1.165) is 13.0 Å². The second kappa shape index (κ2) is 3.19. The second-order valence-corrected chi connectivity index (χ2v) is 5.32. The number of hydrogen-bond donors (Lipinski definition) is 1. The van der Waals surface area contributed by atoms with E-state index in [0.29, 0.717) is 5.25 Å². The van der Waals surface area contributed by atoms with E-state index in [1.54, 1.807) is 0 Å². The highest BCUT2D eigenvalue weighted by Gasteiger charge is 2.39. The van der Waals surface area contributed by atoms with Crippen molar-refractivity contribution in [2.24, 2.45) is 0 Å². The van der Waals surface area contributed by atoms with Gasteiger partial charge in [0, 0.05) is 17.6 Å². The first-order valence-corrected chi connectivity index (χ1v) is 5.88. The normalized spacial score (nSPS) is 45.0. The van der Waals surface area contributed by atoms with Crippen LogP contribution < -0.4 is 0 Å². The molecule has 1 spiro atoms. The molecule has 2 fully saturated rings. The van der Waals surface area contributed by atoms with Crippen LogP contribution in [0.2, 0.25) is 0 Å². The van der Waals surface area contributed by atoms with Gasteiger partial charge in [-0.1, -0.05) is 0 Å². The molecule has 0 aromatic carbocycles. The number of ether oxygens (including phenoxy) is 1. The van der Waals surface area contributed by atoms with Crippen LogP contribution in [0, 0.1) is 0 Å². The SMILES string of the molecule is SC1CCOC2(CCSC2)C1. The molecule has 0 N–H and O–H groups in total. The van der Waals surface area contributed by atoms with Gasteiger partial charge < -0.3 is 4.74 Å². The lowest BCUT2D eigenvalue weighted by molar-refractivity contribution is -0.0560. The molecule has 0 saturated carbocycles. The Bertz CT molecular complexity index is 143. The van der Waals surface area contributed by atoms with Gasteiger partial charge in [-0.05, 0) is 25.0 Å². The Hall–Kier alpha value is 0.660. The van der Waals surface area contributed by atoms with Crippen molar-refractivity contribution in [2.45, 2.75) is 30.1 Å². The molecule has 0 aromatic rings. The molecule has 0 amide bonds. The quantitative estimate of drug-likeness (QED) is 0.585. The topological polar surface area (TPSA) is 9.23 Å². The first-order chi connectivity index (χ1) is 5.31. The van der Waals surface area contributed by atoms with E-state index >= 15 is 0 Å². The van der Waals surface area contributed by atoms with Gasteiger partial charge >= 0.3 is 0 Å². The van der Waals surface area contributed by atoms with Crippen molar-refractivity contribution in [1.29, 1.82) is 0 Å². The molecule has 0 aromatic heterocycles. The second-order valence-electron chi connectivity index (χ2n) is 3.48. The monoisotopic (exact) mass is 190 g/mol. The predicted octanol–water partition coefficient (Wildman–Crippen LogP) is 1.97. The van der Waals surface area contributed by atoms with Crippen molar-refractivity contribution < 1.29 is 4.74 Å². The molecule has 64 valence electrons. The number of hydrogen-bond acceptors (Lipinski definition) is 3. The Morgan fingerprint density at radius 2 is 2.45 bits per heavy atom. The van der Waals surface area contributed by atoms with E-state index in [1.165, 1.54) is 24.3 Å². The van der Waals surface area contributed by atoms with Crippen LogP contribution in [0.25, 0.3) is 0 Å². The average molecular weight is 190 g/mol. The van der Waals surface area contributed by atoms with Crippen LogP contribution in [0.3, 0.4) is 0 Å². The van der Waals surface area contributed by atoms with Gasteiger partial charge in [-0.3, -0.25) is 0 Å². The summed E-state index contributed by atoms with van der Waals surface area (Å²) in [6.45, 7) is 0.925. The summed E-state index contributed by atoms with van der Waals surface area (Å²) < 4.78 is 5.83. The van der Waals surface area contributed by atoms with E-state index in [4.69, 9.17) is 4.74 Å². The average Bonchev–Trinajstić information content (AvgIpc) is 2.37. The van der Waals surface area contributed by atoms with E-state index in [2.05, 4.69) is 12.6 Å². The molecule has 0 bridgehead atoms. The lowest BCUT2D eigenvalue weighted by Crippen LogP contribution is -2.40. The van der Waals surface area contributed by atoms with E-state index < -0.39 is 0 Å². The summed E-state index contributed by atoms with van der Waals surface area (Å²) in [6.07, 6.45) is 3.55. The Balaban J connectivity index is 2.00. The maximum Gasteiger partial charge on any atom is 0.0790 e. The highest BCUT2D eigenvalue weighted by molar-refractivity contribution is 7.99. The van der Waals surface area contributed by atoms with Crippen molar-refractivity contribution in [3.05, 3.63) is 0 Å². The third kappa shape index (κ3) is 1.70. The Morgan fingerprint density at radius 1 is 1.55 bits per heavy atom. The van der Waals surface area contributed by atoms with E-state index in [1.807, 2.05) is 11.8 Å². The molecule has 2 atom stereocenters. The molecule has 1 nitrogen and oxygen atoms in total. The minimum Gasteiger partial charge on any atom is -0.374 e. The number of rotatable bonds is 0. The molecule has 2 heterocycles. The van der Waals surface area contributed by atoms with Crippen molar-refractivity contribution >= 4 is 24.4 Å². The molecule has 11 heavy (non-hydrogen) atoms. The molecule has 2 aliphatic rings. The highest BCUT2D eigenvalue weighted by Crippen LogP contribution is 2.39. The molecule has 2 aliphatic heterocycles. The van der Waals surface area contributed by atoms with Crippen LogP contribution in [-0.2, 0) is 4.74 Å². The Labute approximate surface area is 77.7 Å². The van der Waals surface area contributed by atoms with Gasteiger partial charge in [0.15, 0.2) is 0 Å². The summed E-state index contributed by atoms with van der Waals surface area (Å²) in [5, 5.41) is 0.586. The van der Waals surface area contributed by atoms with Crippen molar-refractivity contribution in [3.63, 3.8) is 0 Å². The maximum absolute atomic E-state index is 5.83. The summed E-state index contributed by atoms with van der Waals surface area (Å²) in [6, 6.07) is 0. The third-order valence-electron chi connectivity index (χ3n) is 2.53. The summed E-state index contributed by atoms with van der Waals surface area (Å²) in [5.41, 5.74) is 0.231. The van der Waals surface area contributed by atoms with Crippen LogP contribution in [-0.4, -0.2) is 29.0 Å². The van der Waals surface area contributed by atoms with Crippen molar-refractivity contribution in [1.82, 2.24) is 0 Å². The van der Waals surface area contributed by atoms with Gasteiger partial charge in [0.25, 0.3) is 0 Å². The van der Waals surface area contributed by atoms with Gasteiger partial charge in [0.05, 0.1) is 5.60 Å². The maximum atomic E-state index is 5.83. The fraction of sp³-hybridized carbons (Fsp3) is 1.00. The summed E-state index contributed by atoms with van der Waals surface area (Å²) in [5.74, 6) is 2.48. The molecular weight excluding hydrogens is 176 g/mol. The van der Waals surface area contributed by atoms with E-state index in [9.17, 15) is 0 Å². The van der Waals surface area contributed by atoms with Gasteiger partial charge in [-0.15, -0.1) is 0 Å². The van der Waals surface area contributed by atoms with Crippen molar-refractivity contribution in [3.8, 4) is 0 Å². The summed E-state index contributed by atoms with van der Waals surface area (Å²) >= 11 is 6.54. The fourth-order valence-corrected chi connectivity index (χ4v) is 3.68. The minimum atomic E-state index is 0.231. The Morgan fingerprint density at radius 3 is 3.09 bits per heavy atom. The van der Waals surface area contributed by atoms with Crippen LogP contribution in [0.5, 0.6) is 0 Å². The third-order valence-corrected chi connectivity index (χ3v) is 4.20. The number of thioether (sulfide) groups is 1.